The number of anilines is 3. The van der Waals surface area contributed by atoms with Gasteiger partial charge in [-0.15, -0.1) is 0 Å². The monoisotopic (exact) mass is 703 g/mol. The third-order valence-corrected chi connectivity index (χ3v) is 7.64. The second kappa shape index (κ2) is 15.2. The van der Waals surface area contributed by atoms with Crippen LogP contribution in [0.15, 0.2) is 66.5 Å². The molecule has 0 aliphatic carbocycles. The van der Waals surface area contributed by atoms with Crippen LogP contribution in [0.3, 0.4) is 0 Å². The van der Waals surface area contributed by atoms with E-state index in [4.69, 9.17) is 30.5 Å². The van der Waals surface area contributed by atoms with Gasteiger partial charge in [-0.2, -0.15) is 28.1 Å². The van der Waals surface area contributed by atoms with Gasteiger partial charge in [-0.3, -0.25) is 9.69 Å². The number of carbonyl (C=O) groups excluding carboxylic acids is 1. The van der Waals surface area contributed by atoms with Crippen LogP contribution < -0.4 is 25.4 Å². The maximum Gasteiger partial charge on any atom is 0.422 e. The van der Waals surface area contributed by atoms with Gasteiger partial charge in [0.25, 0.3) is 11.9 Å². The predicted octanol–water partition coefficient (Wildman–Crippen LogP) is 6.41. The van der Waals surface area contributed by atoms with Crippen LogP contribution in [0.4, 0.5) is 30.8 Å². The van der Waals surface area contributed by atoms with Crippen molar-refractivity contribution in [3.05, 3.63) is 82.7 Å². The molecule has 0 saturated heterocycles. The molecule has 3 N–H and O–H groups in total. The Hall–Kier alpha value is -4.76. The molecule has 3 aromatic rings. The van der Waals surface area contributed by atoms with Gasteiger partial charge in [0.1, 0.15) is 11.5 Å². The summed E-state index contributed by atoms with van der Waals surface area (Å²) in [6.45, 7) is 10.8. The van der Waals surface area contributed by atoms with Gasteiger partial charge in [0.05, 0.1) is 18.2 Å². The van der Waals surface area contributed by atoms with Crippen LogP contribution in [0.25, 0.3) is 0 Å². The number of allylic oxidation sites excluding steroid dienone is 1. The molecule has 12 nitrogen and oxygen atoms in total. The van der Waals surface area contributed by atoms with Gasteiger partial charge in [0.15, 0.2) is 12.4 Å². The van der Waals surface area contributed by atoms with Gasteiger partial charge in [0, 0.05) is 37.4 Å². The third-order valence-electron chi connectivity index (χ3n) is 7.35. The van der Waals surface area contributed by atoms with Crippen molar-refractivity contribution >= 4 is 35.1 Å². The Morgan fingerprint density at radius 2 is 1.82 bits per heavy atom. The minimum atomic E-state index is -4.59. The number of rotatable bonds is 4. The van der Waals surface area contributed by atoms with Crippen LogP contribution in [0.1, 0.15) is 43.1 Å². The Morgan fingerprint density at radius 3 is 2.51 bits per heavy atom. The predicted molar refractivity (Wildman–Crippen MR) is 177 cm³/mol. The van der Waals surface area contributed by atoms with Crippen molar-refractivity contribution in [1.82, 2.24) is 25.2 Å². The van der Waals surface area contributed by atoms with Crippen LogP contribution in [-0.4, -0.2) is 71.3 Å². The Bertz CT molecular complexity index is 1700. The molecule has 0 fully saturated rings. The van der Waals surface area contributed by atoms with Gasteiger partial charge < -0.3 is 34.9 Å². The lowest BCUT2D eigenvalue weighted by Crippen LogP contribution is -2.43. The number of alkyl halides is 3. The normalized spacial score (nSPS) is 17.6. The highest BCUT2D eigenvalue weighted by Crippen LogP contribution is 2.28. The highest BCUT2D eigenvalue weighted by Gasteiger charge is 2.30. The Kier molecular flexibility index (Phi) is 11.0. The minimum Gasteiger partial charge on any atom is -0.492 e. The third kappa shape index (κ3) is 10.6. The molecule has 0 saturated carbocycles. The van der Waals surface area contributed by atoms with Crippen LogP contribution in [-0.2, 0) is 16.0 Å². The summed E-state index contributed by atoms with van der Waals surface area (Å²) >= 11 is 6.54. The number of ether oxygens (including phenoxy) is 4. The van der Waals surface area contributed by atoms with Crippen LogP contribution >= 0.6 is 11.6 Å². The van der Waals surface area contributed by atoms with Crippen molar-refractivity contribution in [3.63, 3.8) is 0 Å². The van der Waals surface area contributed by atoms with Gasteiger partial charge in [-0.25, -0.2) is 0 Å². The topological polar surface area (TPSA) is 132 Å². The van der Waals surface area contributed by atoms with Crippen LogP contribution in [0, 0.1) is 5.41 Å². The van der Waals surface area contributed by atoms with Gasteiger partial charge in [0.2, 0.25) is 11.9 Å². The van der Waals surface area contributed by atoms with Crippen molar-refractivity contribution in [3.8, 4) is 11.8 Å². The van der Waals surface area contributed by atoms with Crippen molar-refractivity contribution in [1.29, 1.82) is 0 Å². The van der Waals surface area contributed by atoms with Crippen molar-refractivity contribution in [2.24, 2.45) is 5.41 Å². The molecular weight excluding hydrogens is 667 g/mol. The summed E-state index contributed by atoms with van der Waals surface area (Å²) in [5.41, 5.74) is 1.29. The van der Waals surface area contributed by atoms with E-state index in [2.05, 4.69) is 56.2 Å². The Balaban J connectivity index is 1.38. The molecule has 49 heavy (non-hydrogen) atoms. The average molecular weight is 704 g/mol. The summed E-state index contributed by atoms with van der Waals surface area (Å²) in [5.74, 6) is 1.69. The number of nitrogens with zero attached hydrogens (tertiary/aromatic N) is 4. The minimum absolute atomic E-state index is 0.0337. The quantitative estimate of drug-likeness (QED) is 0.279. The molecule has 1 amide bonds. The molecule has 0 unspecified atom stereocenters. The molecule has 16 heteroatoms. The van der Waals surface area contributed by atoms with E-state index in [-0.39, 0.29) is 35.7 Å². The Morgan fingerprint density at radius 1 is 1.06 bits per heavy atom. The summed E-state index contributed by atoms with van der Waals surface area (Å²) in [7, 11) is 0. The number of benzene rings is 2. The fourth-order valence-electron chi connectivity index (χ4n) is 5.06. The molecule has 5 aliphatic rings. The van der Waals surface area contributed by atoms with E-state index in [0.717, 1.165) is 5.56 Å². The van der Waals surface area contributed by atoms with E-state index in [0.29, 0.717) is 72.7 Å². The molecule has 0 spiro atoms. The van der Waals surface area contributed by atoms with E-state index in [1.165, 1.54) is 0 Å². The number of hydrogen-bond acceptors (Lipinski definition) is 11. The number of nitrogens with one attached hydrogen (secondary N) is 3. The standard InChI is InChI=1S/C33H37ClF3N7O5/c1-20-27(49-21(2)48-20)16-44-12-5-13-46-26-11-6-22(14-25(26)34)15-38-29-41-30(43-31(42-29)47-19-33(35,36)37)40-24-9-7-23(8-10-24)28(45)39-17-32(3,4)18-44/h6-11,14H,2,5,12-13,15-19H2,1,3-4H3,(H,39,45)(H2,38,40,41,42,43). The SMILES string of the molecule is C=C1OC(C)=C(CN2CCCOc3ccc(cc3Cl)CNc3nc(nc(OCC(F)(F)F)n3)Nc3ccc(cc3)C(=O)NCC(C)(C)C2)O1. The fraction of sp³-hybridized carbons (Fsp3) is 0.394. The Labute approximate surface area is 286 Å². The lowest BCUT2D eigenvalue weighted by Gasteiger charge is -2.33. The molecule has 0 radical (unpaired) electrons. The molecule has 8 rings (SSSR count). The van der Waals surface area contributed by atoms with Crippen molar-refractivity contribution in [2.75, 3.05) is 50.0 Å². The van der Waals surface area contributed by atoms with E-state index in [1.807, 2.05) is 6.92 Å². The van der Waals surface area contributed by atoms with Gasteiger partial charge in [-0.1, -0.05) is 31.5 Å². The summed E-state index contributed by atoms with van der Waals surface area (Å²) in [6, 6.07) is 11.2. The summed E-state index contributed by atoms with van der Waals surface area (Å²) < 4.78 is 60.6. The zero-order chi connectivity index (χ0) is 35.2. The lowest BCUT2D eigenvalue weighted by atomic mass is 9.92. The first-order valence-corrected chi connectivity index (χ1v) is 15.8. The first-order chi connectivity index (χ1) is 23.2. The van der Waals surface area contributed by atoms with Crippen molar-refractivity contribution < 1.29 is 36.9 Å². The largest absolute Gasteiger partial charge is 0.492 e. The summed E-state index contributed by atoms with van der Waals surface area (Å²) in [5, 5.41) is 9.30. The highest BCUT2D eigenvalue weighted by molar-refractivity contribution is 6.32. The van der Waals surface area contributed by atoms with E-state index >= 15 is 0 Å². The molecule has 6 heterocycles. The number of aromatic nitrogens is 3. The smallest absolute Gasteiger partial charge is 0.422 e. The van der Waals surface area contributed by atoms with Crippen LogP contribution in [0.2, 0.25) is 5.02 Å². The number of halogens is 4. The van der Waals surface area contributed by atoms with Gasteiger partial charge >= 0.3 is 12.2 Å². The molecule has 262 valence electrons. The van der Waals surface area contributed by atoms with Gasteiger partial charge in [-0.05, 0) is 67.3 Å². The average Bonchev–Trinajstić information content (AvgIpc) is 3.35. The molecule has 0 atom stereocenters. The summed E-state index contributed by atoms with van der Waals surface area (Å²) in [4.78, 5) is 27.5. The summed E-state index contributed by atoms with van der Waals surface area (Å²) in [6.07, 6.45) is -3.93. The second-order valence-corrected chi connectivity index (χ2v) is 12.7. The van der Waals surface area contributed by atoms with E-state index < -0.39 is 18.8 Å². The molecule has 6 bridgehead atoms. The molecule has 1 aromatic heterocycles. The number of hydrogen-bond donors (Lipinski definition) is 3. The lowest BCUT2D eigenvalue weighted by molar-refractivity contribution is -0.154. The van der Waals surface area contributed by atoms with E-state index in [9.17, 15) is 18.0 Å². The molecule has 2 aromatic carbocycles. The zero-order valence-corrected chi connectivity index (χ0v) is 28.0. The fourth-order valence-corrected chi connectivity index (χ4v) is 5.32. The second-order valence-electron chi connectivity index (χ2n) is 12.3. The highest BCUT2D eigenvalue weighted by atomic mass is 35.5. The van der Waals surface area contributed by atoms with Crippen LogP contribution in [0.5, 0.6) is 11.8 Å². The maximum atomic E-state index is 13.1. The first kappa shape index (κ1) is 35.5. The molecular formula is C33H37ClF3N7O5. The molecule has 5 aliphatic heterocycles. The zero-order valence-electron chi connectivity index (χ0n) is 27.2. The maximum absolute atomic E-state index is 13.1. The van der Waals surface area contributed by atoms with E-state index in [1.54, 1.807) is 42.5 Å². The van der Waals surface area contributed by atoms with Crippen molar-refractivity contribution in [2.45, 2.75) is 39.9 Å². The number of amides is 1. The number of carbonyl (C=O) groups is 1. The first-order valence-electron chi connectivity index (χ1n) is 15.4.